The molecule has 0 radical (unpaired) electrons. The number of rotatable bonds is 6. The summed E-state index contributed by atoms with van der Waals surface area (Å²) in [6, 6.07) is 11.2. The minimum absolute atomic E-state index is 0.00258. The number of nitrogens with one attached hydrogen (secondary N) is 4. The van der Waals surface area contributed by atoms with E-state index in [1.54, 1.807) is 0 Å². The van der Waals surface area contributed by atoms with Crippen LogP contribution in [0, 0.1) is 5.92 Å². The van der Waals surface area contributed by atoms with Crippen LogP contribution in [-0.2, 0) is 4.79 Å². The fourth-order valence-corrected chi connectivity index (χ4v) is 4.41. The Kier molecular flexibility index (Phi) is 6.46. The second-order valence-electron chi connectivity index (χ2n) is 9.32. The van der Waals surface area contributed by atoms with Crippen LogP contribution in [0.1, 0.15) is 25.7 Å². The number of alkyl halides is 3. The standard InChI is InChI=1S/C25H27F3N6O2/c26-25(27,28)14-30-24(36)34-11-8-18(9-12-34)31-17-5-3-15(4-6-17)20-13-21(33-23(35)16-1-2-16)32-22-19(20)7-10-29-22/h3-7,10,13,16,18,31H,1-2,8-9,11-12,14H2,(H,30,36)(H2,29,32,33,35). The predicted molar refractivity (Wildman–Crippen MR) is 131 cm³/mol. The SMILES string of the molecule is O=C(Nc1cc(-c2ccc(NC3CCN(C(=O)NCC(F)(F)F)CC3)cc2)c2cc[nH]c2n1)C1CC1. The lowest BCUT2D eigenvalue weighted by Crippen LogP contribution is -2.48. The summed E-state index contributed by atoms with van der Waals surface area (Å²) in [5.41, 5.74) is 3.55. The van der Waals surface area contributed by atoms with Gasteiger partial charge in [0.25, 0.3) is 0 Å². The molecule has 1 aromatic carbocycles. The van der Waals surface area contributed by atoms with Crippen molar-refractivity contribution < 1.29 is 22.8 Å². The van der Waals surface area contributed by atoms with E-state index in [-0.39, 0.29) is 17.9 Å². The van der Waals surface area contributed by atoms with Crippen molar-refractivity contribution in [3.8, 4) is 11.1 Å². The Morgan fingerprint density at radius 1 is 1.06 bits per heavy atom. The number of aromatic nitrogens is 2. The number of hydrogen-bond acceptors (Lipinski definition) is 4. The summed E-state index contributed by atoms with van der Waals surface area (Å²) in [7, 11) is 0. The van der Waals surface area contributed by atoms with Gasteiger partial charge < -0.3 is 25.8 Å². The Bertz CT molecular complexity index is 1240. The van der Waals surface area contributed by atoms with Crippen molar-refractivity contribution in [1.29, 1.82) is 0 Å². The molecular formula is C25H27F3N6O2. The minimum atomic E-state index is -4.42. The maximum absolute atomic E-state index is 12.3. The zero-order chi connectivity index (χ0) is 25.3. The molecule has 4 N–H and O–H groups in total. The fraction of sp³-hybridized carbons (Fsp3) is 0.400. The number of H-pyrrole nitrogens is 1. The molecule has 2 aromatic heterocycles. The molecule has 3 aromatic rings. The normalized spacial score (nSPS) is 16.7. The van der Waals surface area contributed by atoms with Gasteiger partial charge in [0.05, 0.1) is 0 Å². The van der Waals surface area contributed by atoms with Crippen LogP contribution in [0.15, 0.2) is 42.6 Å². The first-order valence-electron chi connectivity index (χ1n) is 12.0. The lowest BCUT2D eigenvalue weighted by atomic mass is 10.0. The van der Waals surface area contributed by atoms with Gasteiger partial charge in [0.1, 0.15) is 18.0 Å². The molecule has 5 rings (SSSR count). The molecule has 1 aliphatic carbocycles. The molecular weight excluding hydrogens is 473 g/mol. The van der Waals surface area contributed by atoms with Crippen LogP contribution in [0.2, 0.25) is 0 Å². The number of likely N-dealkylation sites (tertiary alicyclic amines) is 1. The van der Waals surface area contributed by atoms with Crippen LogP contribution in [-0.4, -0.2) is 58.7 Å². The van der Waals surface area contributed by atoms with Gasteiger partial charge in [-0.3, -0.25) is 4.79 Å². The van der Waals surface area contributed by atoms with E-state index in [4.69, 9.17) is 0 Å². The number of nitrogens with zero attached hydrogens (tertiary/aromatic N) is 2. The minimum Gasteiger partial charge on any atom is -0.382 e. The summed E-state index contributed by atoms with van der Waals surface area (Å²) in [5.74, 6) is 0.606. The highest BCUT2D eigenvalue weighted by atomic mass is 19.4. The van der Waals surface area contributed by atoms with Gasteiger partial charge in [-0.15, -0.1) is 0 Å². The molecule has 1 aliphatic heterocycles. The summed E-state index contributed by atoms with van der Waals surface area (Å²) < 4.78 is 37.0. The zero-order valence-electron chi connectivity index (χ0n) is 19.5. The van der Waals surface area contributed by atoms with Gasteiger partial charge in [0.15, 0.2) is 0 Å². The molecule has 3 amide bonds. The molecule has 0 unspecified atom stereocenters. The highest BCUT2D eigenvalue weighted by Gasteiger charge is 2.31. The Labute approximate surface area is 205 Å². The van der Waals surface area contributed by atoms with Crippen LogP contribution in [0.5, 0.6) is 0 Å². The number of piperidine rings is 1. The summed E-state index contributed by atoms with van der Waals surface area (Å²) in [6.07, 6.45) is 0.514. The fourth-order valence-electron chi connectivity index (χ4n) is 4.41. The molecule has 0 bridgehead atoms. The summed E-state index contributed by atoms with van der Waals surface area (Å²) in [4.78, 5) is 33.2. The van der Waals surface area contributed by atoms with E-state index in [2.05, 4.69) is 20.6 Å². The van der Waals surface area contributed by atoms with Crippen molar-refractivity contribution in [2.75, 3.05) is 30.3 Å². The lowest BCUT2D eigenvalue weighted by Gasteiger charge is -2.33. The number of aromatic amines is 1. The van der Waals surface area contributed by atoms with Gasteiger partial charge in [-0.25, -0.2) is 9.78 Å². The average molecular weight is 501 g/mol. The largest absolute Gasteiger partial charge is 0.405 e. The van der Waals surface area contributed by atoms with Crippen LogP contribution in [0.25, 0.3) is 22.2 Å². The Morgan fingerprint density at radius 3 is 2.44 bits per heavy atom. The Balaban J connectivity index is 1.21. The van der Waals surface area contributed by atoms with Gasteiger partial charge in [-0.2, -0.15) is 13.2 Å². The van der Waals surface area contributed by atoms with E-state index in [1.807, 2.05) is 47.9 Å². The second kappa shape index (κ2) is 9.71. The molecule has 2 fully saturated rings. The number of hydrogen-bond donors (Lipinski definition) is 4. The number of carbonyl (C=O) groups excluding carboxylic acids is 2. The van der Waals surface area contributed by atoms with Crippen molar-refractivity contribution >= 4 is 34.5 Å². The average Bonchev–Trinajstić information content (AvgIpc) is 3.60. The Morgan fingerprint density at radius 2 is 1.78 bits per heavy atom. The highest BCUT2D eigenvalue weighted by Crippen LogP contribution is 2.33. The molecule has 1 saturated heterocycles. The van der Waals surface area contributed by atoms with E-state index in [0.29, 0.717) is 37.4 Å². The van der Waals surface area contributed by atoms with Crippen molar-refractivity contribution in [2.24, 2.45) is 5.92 Å². The van der Waals surface area contributed by atoms with Gasteiger partial charge in [-0.05, 0) is 61.1 Å². The van der Waals surface area contributed by atoms with Gasteiger partial charge in [-0.1, -0.05) is 12.1 Å². The quantitative estimate of drug-likeness (QED) is 0.393. The topological polar surface area (TPSA) is 102 Å². The number of fused-ring (bicyclic) bond motifs is 1. The monoisotopic (exact) mass is 500 g/mol. The first-order valence-corrected chi connectivity index (χ1v) is 12.0. The smallest absolute Gasteiger partial charge is 0.382 e. The van der Waals surface area contributed by atoms with Gasteiger partial charge in [0, 0.05) is 42.3 Å². The first-order chi connectivity index (χ1) is 17.2. The number of carbonyl (C=O) groups is 2. The van der Waals surface area contributed by atoms with Crippen molar-refractivity contribution in [2.45, 2.75) is 37.9 Å². The Hall–Kier alpha value is -3.76. The maximum Gasteiger partial charge on any atom is 0.405 e. The molecule has 8 nitrogen and oxygen atoms in total. The molecule has 1 saturated carbocycles. The molecule has 3 heterocycles. The predicted octanol–water partition coefficient (Wildman–Crippen LogP) is 4.73. The van der Waals surface area contributed by atoms with Crippen LogP contribution >= 0.6 is 0 Å². The number of pyridine rings is 1. The van der Waals surface area contributed by atoms with Gasteiger partial charge >= 0.3 is 12.2 Å². The van der Waals surface area contributed by atoms with Crippen molar-refractivity contribution in [3.63, 3.8) is 0 Å². The molecule has 2 aliphatic rings. The molecule has 0 atom stereocenters. The van der Waals surface area contributed by atoms with E-state index in [1.165, 1.54) is 4.90 Å². The van der Waals surface area contributed by atoms with E-state index in [9.17, 15) is 22.8 Å². The molecule has 11 heteroatoms. The molecule has 190 valence electrons. The summed E-state index contributed by atoms with van der Waals surface area (Å²) >= 11 is 0. The number of urea groups is 1. The number of anilines is 2. The lowest BCUT2D eigenvalue weighted by molar-refractivity contribution is -0.123. The summed E-state index contributed by atoms with van der Waals surface area (Å²) in [6.45, 7) is -0.550. The van der Waals surface area contributed by atoms with E-state index in [0.717, 1.165) is 35.0 Å². The third-order valence-corrected chi connectivity index (χ3v) is 6.52. The van der Waals surface area contributed by atoms with Gasteiger partial charge in [0.2, 0.25) is 5.91 Å². The first kappa shape index (κ1) is 24.0. The molecule has 0 spiro atoms. The van der Waals surface area contributed by atoms with Crippen molar-refractivity contribution in [3.05, 3.63) is 42.6 Å². The molecule has 36 heavy (non-hydrogen) atoms. The van der Waals surface area contributed by atoms with Crippen LogP contribution in [0.4, 0.5) is 29.5 Å². The third kappa shape index (κ3) is 5.72. The van der Waals surface area contributed by atoms with Crippen molar-refractivity contribution in [1.82, 2.24) is 20.2 Å². The van der Waals surface area contributed by atoms with E-state index < -0.39 is 18.8 Å². The number of halogens is 3. The number of amides is 3. The number of benzene rings is 1. The third-order valence-electron chi connectivity index (χ3n) is 6.52. The summed E-state index contributed by atoms with van der Waals surface area (Å²) in [5, 5.41) is 9.25. The highest BCUT2D eigenvalue weighted by molar-refractivity contribution is 5.99. The van der Waals surface area contributed by atoms with Crippen LogP contribution in [0.3, 0.4) is 0 Å². The second-order valence-corrected chi connectivity index (χ2v) is 9.32. The van der Waals surface area contributed by atoms with E-state index >= 15 is 0 Å². The zero-order valence-corrected chi connectivity index (χ0v) is 19.5. The maximum atomic E-state index is 12.3. The van der Waals surface area contributed by atoms with Crippen LogP contribution < -0.4 is 16.0 Å².